The molecule has 240 valence electrons. The summed E-state index contributed by atoms with van der Waals surface area (Å²) in [5.74, 6) is 0.971. The largest absolute Gasteiger partial charge is 0.309 e. The van der Waals surface area contributed by atoms with E-state index in [1.807, 2.05) is 0 Å². The Balaban J connectivity index is 1.20. The predicted octanol–water partition coefficient (Wildman–Crippen LogP) is 12.9. The lowest BCUT2D eigenvalue weighted by atomic mass is 9.94. The third kappa shape index (κ3) is 3.61. The van der Waals surface area contributed by atoms with Gasteiger partial charge in [-0.2, -0.15) is 0 Å². The molecule has 1 aliphatic carbocycles. The molecule has 0 N–H and O–H groups in total. The standard InChI is InChI=1S/C49H29N3/c1-2-14-32(15-3-1)51-42-23-10-8-18-35(42)41-27-30(25-26-44(41)51)40-28-45-47(37-19-6-5-17-34(37)40)39-21-9-11-24-43(39)52(45)49-48-38-20-7-4-16-33(38)36-22-12-13-31(29-50-49)46(36)48/h1-29H. The first-order valence-electron chi connectivity index (χ1n) is 17.9. The maximum atomic E-state index is 5.30. The quantitative estimate of drug-likeness (QED) is 0.185. The fourth-order valence-electron chi connectivity index (χ4n) is 9.14. The van der Waals surface area contributed by atoms with Crippen molar-refractivity contribution in [2.24, 2.45) is 0 Å². The number of hydrogen-bond acceptors (Lipinski definition) is 1. The van der Waals surface area contributed by atoms with Gasteiger partial charge in [0.1, 0.15) is 5.82 Å². The summed E-state index contributed by atoms with van der Waals surface area (Å²) in [5.41, 5.74) is 13.3. The van der Waals surface area contributed by atoms with Gasteiger partial charge in [0.2, 0.25) is 0 Å². The van der Waals surface area contributed by atoms with Crippen LogP contribution in [0.15, 0.2) is 176 Å². The number of para-hydroxylation sites is 3. The predicted molar refractivity (Wildman–Crippen MR) is 218 cm³/mol. The van der Waals surface area contributed by atoms with Crippen molar-refractivity contribution in [1.82, 2.24) is 14.1 Å². The molecule has 0 atom stereocenters. The van der Waals surface area contributed by atoms with Crippen LogP contribution in [0.3, 0.4) is 0 Å². The van der Waals surface area contributed by atoms with Gasteiger partial charge in [-0.3, -0.25) is 4.57 Å². The molecule has 0 amide bonds. The Morgan fingerprint density at radius 1 is 0.365 bits per heavy atom. The highest BCUT2D eigenvalue weighted by atomic mass is 15.1. The van der Waals surface area contributed by atoms with E-state index in [4.69, 9.17) is 4.98 Å². The molecule has 0 spiro atoms. The number of benzene rings is 8. The van der Waals surface area contributed by atoms with E-state index in [2.05, 4.69) is 185 Å². The van der Waals surface area contributed by atoms with E-state index < -0.39 is 0 Å². The number of pyridine rings is 1. The van der Waals surface area contributed by atoms with Crippen molar-refractivity contribution in [2.75, 3.05) is 0 Å². The van der Waals surface area contributed by atoms with Crippen LogP contribution >= 0.6 is 0 Å². The Morgan fingerprint density at radius 2 is 1.02 bits per heavy atom. The highest BCUT2D eigenvalue weighted by Crippen LogP contribution is 2.51. The molecular formula is C49H29N3. The van der Waals surface area contributed by atoms with Gasteiger partial charge in [0.25, 0.3) is 0 Å². The molecule has 0 aliphatic heterocycles. The molecule has 1 aliphatic rings. The van der Waals surface area contributed by atoms with Crippen LogP contribution in [-0.2, 0) is 0 Å². The molecule has 3 nitrogen and oxygen atoms in total. The fourth-order valence-corrected chi connectivity index (χ4v) is 9.14. The van der Waals surface area contributed by atoms with Crippen LogP contribution in [0, 0.1) is 0 Å². The summed E-state index contributed by atoms with van der Waals surface area (Å²) < 4.78 is 4.81. The normalized spacial score (nSPS) is 12.2. The van der Waals surface area contributed by atoms with E-state index in [0.29, 0.717) is 0 Å². The van der Waals surface area contributed by atoms with E-state index in [9.17, 15) is 0 Å². The monoisotopic (exact) mass is 659 g/mol. The highest BCUT2D eigenvalue weighted by Gasteiger charge is 2.28. The molecule has 0 radical (unpaired) electrons. The van der Waals surface area contributed by atoms with Crippen molar-refractivity contribution in [3.63, 3.8) is 0 Å². The maximum absolute atomic E-state index is 5.30. The van der Waals surface area contributed by atoms with E-state index in [1.54, 1.807) is 0 Å². The van der Waals surface area contributed by atoms with Gasteiger partial charge < -0.3 is 4.57 Å². The molecule has 0 saturated carbocycles. The van der Waals surface area contributed by atoms with Gasteiger partial charge in [0, 0.05) is 49.8 Å². The smallest absolute Gasteiger partial charge is 0.146 e. The lowest BCUT2D eigenvalue weighted by Gasteiger charge is -2.15. The first-order valence-corrected chi connectivity index (χ1v) is 17.9. The third-order valence-corrected chi connectivity index (χ3v) is 11.3. The molecule has 3 aromatic heterocycles. The molecule has 11 aromatic rings. The van der Waals surface area contributed by atoms with E-state index in [-0.39, 0.29) is 0 Å². The van der Waals surface area contributed by atoms with Crippen LogP contribution in [0.1, 0.15) is 0 Å². The molecule has 52 heavy (non-hydrogen) atoms. The van der Waals surface area contributed by atoms with Gasteiger partial charge >= 0.3 is 0 Å². The molecule has 3 heteroatoms. The number of rotatable bonds is 3. The lowest BCUT2D eigenvalue weighted by molar-refractivity contribution is 1.09. The summed E-state index contributed by atoms with van der Waals surface area (Å²) in [5, 5.41) is 9.92. The molecule has 8 aromatic carbocycles. The topological polar surface area (TPSA) is 22.8 Å². The summed E-state index contributed by atoms with van der Waals surface area (Å²) in [6.07, 6.45) is 2.06. The zero-order valence-electron chi connectivity index (χ0n) is 28.1. The number of fused-ring (bicyclic) bond motifs is 11. The van der Waals surface area contributed by atoms with Crippen LogP contribution in [0.25, 0.3) is 110 Å². The molecule has 0 bridgehead atoms. The minimum atomic E-state index is 0.971. The Hall–Kier alpha value is -6.97. The van der Waals surface area contributed by atoms with Crippen molar-refractivity contribution in [3.05, 3.63) is 176 Å². The number of nitrogens with zero attached hydrogens (tertiary/aromatic N) is 3. The summed E-state index contributed by atoms with van der Waals surface area (Å²) >= 11 is 0. The van der Waals surface area contributed by atoms with Gasteiger partial charge in [0.15, 0.2) is 0 Å². The summed E-state index contributed by atoms with van der Waals surface area (Å²) in [7, 11) is 0. The molecule has 0 saturated heterocycles. The summed E-state index contributed by atoms with van der Waals surface area (Å²) in [6, 6.07) is 62.0. The van der Waals surface area contributed by atoms with Gasteiger partial charge in [-0.25, -0.2) is 4.98 Å². The Bertz CT molecular complexity index is 3290. The highest BCUT2D eigenvalue weighted by molar-refractivity contribution is 6.25. The van der Waals surface area contributed by atoms with Crippen LogP contribution in [-0.4, -0.2) is 14.1 Å². The minimum absolute atomic E-state index is 0.971. The van der Waals surface area contributed by atoms with Crippen LogP contribution < -0.4 is 0 Å². The van der Waals surface area contributed by atoms with Gasteiger partial charge in [-0.1, -0.05) is 127 Å². The zero-order valence-corrected chi connectivity index (χ0v) is 28.1. The van der Waals surface area contributed by atoms with Gasteiger partial charge in [-0.15, -0.1) is 0 Å². The lowest BCUT2D eigenvalue weighted by Crippen LogP contribution is -2.00. The molecule has 0 unspecified atom stereocenters. The third-order valence-electron chi connectivity index (χ3n) is 11.3. The average molecular weight is 660 g/mol. The van der Waals surface area contributed by atoms with Crippen LogP contribution in [0.5, 0.6) is 0 Å². The van der Waals surface area contributed by atoms with Crippen LogP contribution in [0.2, 0.25) is 0 Å². The SMILES string of the molecule is c1ccc(-n2c3ccccc3c3cc(-c4cc5c(c6ccccc46)c4ccccc4n5-c4ncc5cccc6c5c4-c4ccccc4-6)ccc32)cc1. The molecule has 0 fully saturated rings. The van der Waals surface area contributed by atoms with E-state index in [1.165, 1.54) is 93.2 Å². The first kappa shape index (κ1) is 27.8. The van der Waals surface area contributed by atoms with Gasteiger partial charge in [-0.05, 0) is 81.1 Å². The summed E-state index contributed by atoms with van der Waals surface area (Å²) in [4.78, 5) is 5.30. The minimum Gasteiger partial charge on any atom is -0.309 e. The van der Waals surface area contributed by atoms with Crippen LogP contribution in [0.4, 0.5) is 0 Å². The Morgan fingerprint density at radius 3 is 1.87 bits per heavy atom. The zero-order chi connectivity index (χ0) is 33.9. The van der Waals surface area contributed by atoms with Crippen molar-refractivity contribution in [1.29, 1.82) is 0 Å². The average Bonchev–Trinajstić information content (AvgIpc) is 3.85. The molecular weight excluding hydrogens is 631 g/mol. The second-order valence-corrected chi connectivity index (χ2v) is 13.9. The van der Waals surface area contributed by atoms with Gasteiger partial charge in [0.05, 0.1) is 22.1 Å². The van der Waals surface area contributed by atoms with Crippen molar-refractivity contribution in [2.45, 2.75) is 0 Å². The summed E-state index contributed by atoms with van der Waals surface area (Å²) in [6.45, 7) is 0. The van der Waals surface area contributed by atoms with Crippen molar-refractivity contribution in [3.8, 4) is 44.9 Å². The first-order chi connectivity index (χ1) is 25.8. The second kappa shape index (κ2) is 10.3. The fraction of sp³-hybridized carbons (Fsp3) is 0. The second-order valence-electron chi connectivity index (χ2n) is 13.9. The number of aromatic nitrogens is 3. The Labute approximate surface area is 299 Å². The number of hydrogen-bond donors (Lipinski definition) is 0. The van der Waals surface area contributed by atoms with E-state index in [0.717, 1.165) is 16.9 Å². The molecule has 3 heterocycles. The molecule has 12 rings (SSSR count). The van der Waals surface area contributed by atoms with Crippen molar-refractivity contribution < 1.29 is 0 Å². The Kier molecular flexibility index (Phi) is 5.50. The van der Waals surface area contributed by atoms with E-state index >= 15 is 0 Å². The van der Waals surface area contributed by atoms with Crippen molar-refractivity contribution >= 4 is 65.2 Å². The maximum Gasteiger partial charge on any atom is 0.146 e.